The van der Waals surface area contributed by atoms with Gasteiger partial charge in [-0.3, -0.25) is 9.59 Å². The molecule has 0 saturated heterocycles. The number of esters is 1. The summed E-state index contributed by atoms with van der Waals surface area (Å²) in [7, 11) is 2.14. The zero-order valence-corrected chi connectivity index (χ0v) is 14.5. The van der Waals surface area contributed by atoms with Gasteiger partial charge in [-0.05, 0) is 55.5 Å². The molecule has 4 nitrogen and oxygen atoms in total. The van der Waals surface area contributed by atoms with Gasteiger partial charge >= 0.3 is 5.97 Å². The van der Waals surface area contributed by atoms with Gasteiger partial charge in [0.25, 0.3) is 5.91 Å². The van der Waals surface area contributed by atoms with Crippen molar-refractivity contribution in [3.8, 4) is 0 Å². The molecule has 0 aliphatic carbocycles. The highest BCUT2D eigenvalue weighted by Crippen LogP contribution is 2.53. The summed E-state index contributed by atoms with van der Waals surface area (Å²) in [5.74, 6) is -0.182. The van der Waals surface area contributed by atoms with Crippen molar-refractivity contribution in [2.24, 2.45) is 0 Å². The van der Waals surface area contributed by atoms with E-state index in [9.17, 15) is 9.59 Å². The fourth-order valence-electron chi connectivity index (χ4n) is 1.91. The van der Waals surface area contributed by atoms with Crippen LogP contribution in [0.2, 0.25) is 0 Å². The number of amides is 1. The van der Waals surface area contributed by atoms with Gasteiger partial charge in [-0.2, -0.15) is 0 Å². The van der Waals surface area contributed by atoms with Crippen molar-refractivity contribution < 1.29 is 14.3 Å². The molecule has 0 radical (unpaired) electrons. The number of hydrogen-bond donors (Lipinski definition) is 0. The number of benzene rings is 1. The van der Waals surface area contributed by atoms with Crippen molar-refractivity contribution in [2.75, 3.05) is 33.2 Å². The fourth-order valence-corrected chi connectivity index (χ4v) is 3.71. The summed E-state index contributed by atoms with van der Waals surface area (Å²) in [4.78, 5) is 26.5. The third kappa shape index (κ3) is 4.00. The van der Waals surface area contributed by atoms with Gasteiger partial charge in [-0.25, -0.2) is 10.0 Å². The Hall–Kier alpha value is -1.49. The van der Waals surface area contributed by atoms with Gasteiger partial charge in [-0.15, -0.1) is 0 Å². The summed E-state index contributed by atoms with van der Waals surface area (Å²) in [5.41, 5.74) is 0.655. The molecule has 0 bridgehead atoms. The predicted octanol–water partition coefficient (Wildman–Crippen LogP) is 2.76. The highest BCUT2D eigenvalue weighted by atomic mass is 32.3. The maximum absolute atomic E-state index is 12.0. The van der Waals surface area contributed by atoms with Crippen LogP contribution in [0.15, 0.2) is 29.2 Å². The molecule has 1 aromatic rings. The minimum absolute atomic E-state index is 0.0206. The topological polar surface area (TPSA) is 46.6 Å². The van der Waals surface area contributed by atoms with Gasteiger partial charge in [0.05, 0.1) is 11.9 Å². The van der Waals surface area contributed by atoms with Crippen molar-refractivity contribution in [3.63, 3.8) is 0 Å². The Morgan fingerprint density at radius 2 is 1.71 bits per heavy atom. The van der Waals surface area contributed by atoms with E-state index in [1.807, 2.05) is 38.1 Å². The number of carbonyl (C=O) groups is 2. The lowest BCUT2D eigenvalue weighted by atomic mass is 10.2. The number of ether oxygens (including phenoxy) is 1. The molecule has 0 fully saturated rings. The number of carbonyl (C=O) groups excluding carboxylic acids is 2. The molecule has 0 aliphatic rings. The lowest BCUT2D eigenvalue weighted by Crippen LogP contribution is -2.26. The Balaban J connectivity index is 2.99. The summed E-state index contributed by atoms with van der Waals surface area (Å²) in [6.45, 7) is 4.12. The van der Waals surface area contributed by atoms with E-state index >= 15 is 0 Å². The first kappa shape index (κ1) is 17.6. The Labute approximate surface area is 128 Å². The lowest BCUT2D eigenvalue weighted by molar-refractivity contribution is -0.142. The third-order valence-electron chi connectivity index (χ3n) is 3.62. The molecule has 21 heavy (non-hydrogen) atoms. The summed E-state index contributed by atoms with van der Waals surface area (Å²) in [6.07, 6.45) is 4.19. The van der Waals surface area contributed by atoms with Crippen LogP contribution < -0.4 is 0 Å². The molecule has 5 heteroatoms. The zero-order chi connectivity index (χ0) is 16.2. The molecule has 1 amide bonds. The SMILES string of the molecule is CCOC(=O)C(C)S(C)(C)c1ccc(C(=O)N(C)C)cc1. The van der Waals surface area contributed by atoms with E-state index in [0.29, 0.717) is 12.2 Å². The minimum atomic E-state index is -1.32. The summed E-state index contributed by atoms with van der Waals surface area (Å²) >= 11 is 0. The van der Waals surface area contributed by atoms with Crippen LogP contribution in [0, 0.1) is 0 Å². The van der Waals surface area contributed by atoms with Gasteiger partial charge < -0.3 is 9.64 Å². The van der Waals surface area contributed by atoms with Crippen LogP contribution in [0.3, 0.4) is 0 Å². The molecule has 0 saturated carbocycles. The molecule has 0 heterocycles. The Kier molecular flexibility index (Phi) is 5.84. The van der Waals surface area contributed by atoms with Crippen LogP contribution in [0.1, 0.15) is 24.2 Å². The first-order chi connectivity index (χ1) is 9.71. The van der Waals surface area contributed by atoms with Crippen molar-refractivity contribution >= 4 is 21.9 Å². The fraction of sp³-hybridized carbons (Fsp3) is 0.500. The molecule has 1 unspecified atom stereocenters. The lowest BCUT2D eigenvalue weighted by Gasteiger charge is -2.36. The summed E-state index contributed by atoms with van der Waals surface area (Å²) in [5, 5.41) is -0.173. The van der Waals surface area contributed by atoms with E-state index in [-0.39, 0.29) is 17.1 Å². The predicted molar refractivity (Wildman–Crippen MR) is 88.3 cm³/mol. The van der Waals surface area contributed by atoms with Crippen LogP contribution in [0.5, 0.6) is 0 Å². The molecule has 1 rings (SSSR count). The zero-order valence-electron chi connectivity index (χ0n) is 13.7. The Morgan fingerprint density at radius 3 is 2.14 bits per heavy atom. The summed E-state index contributed by atoms with van der Waals surface area (Å²) in [6, 6.07) is 7.54. The molecule has 118 valence electrons. The van der Waals surface area contributed by atoms with Crippen LogP contribution in [-0.4, -0.2) is 55.2 Å². The van der Waals surface area contributed by atoms with Crippen LogP contribution in [0.25, 0.3) is 0 Å². The van der Waals surface area contributed by atoms with E-state index in [0.717, 1.165) is 4.90 Å². The molecular weight excluding hydrogens is 286 g/mol. The van der Waals surface area contributed by atoms with Gasteiger partial charge in [0, 0.05) is 19.7 Å². The molecule has 0 aromatic heterocycles. The average molecular weight is 311 g/mol. The van der Waals surface area contributed by atoms with E-state index < -0.39 is 10.0 Å². The Bertz CT molecular complexity index is 509. The quantitative estimate of drug-likeness (QED) is 0.786. The molecule has 1 atom stereocenters. The smallest absolute Gasteiger partial charge is 0.317 e. The molecular formula is C16H25NO3S. The Morgan fingerprint density at radius 1 is 1.19 bits per heavy atom. The van der Waals surface area contributed by atoms with E-state index in [1.165, 1.54) is 0 Å². The van der Waals surface area contributed by atoms with Crippen molar-refractivity contribution in [2.45, 2.75) is 24.0 Å². The molecule has 0 N–H and O–H groups in total. The highest BCUT2D eigenvalue weighted by molar-refractivity contribution is 8.33. The second-order valence-corrected chi connectivity index (χ2v) is 9.51. The first-order valence-corrected chi connectivity index (χ1v) is 9.43. The molecule has 0 spiro atoms. The average Bonchev–Trinajstić information content (AvgIpc) is 2.45. The second-order valence-electron chi connectivity index (χ2n) is 5.52. The normalized spacial score (nSPS) is 13.4. The molecule has 1 aromatic carbocycles. The first-order valence-electron chi connectivity index (χ1n) is 6.92. The highest BCUT2D eigenvalue weighted by Gasteiger charge is 2.29. The minimum Gasteiger partial charge on any atom is -0.465 e. The van der Waals surface area contributed by atoms with Crippen LogP contribution in [0.4, 0.5) is 0 Å². The number of hydrogen-bond acceptors (Lipinski definition) is 3. The van der Waals surface area contributed by atoms with Gasteiger partial charge in [-0.1, -0.05) is 0 Å². The monoisotopic (exact) mass is 311 g/mol. The maximum Gasteiger partial charge on any atom is 0.317 e. The van der Waals surface area contributed by atoms with E-state index in [1.54, 1.807) is 19.0 Å². The second kappa shape index (κ2) is 6.98. The van der Waals surface area contributed by atoms with Crippen LogP contribution in [-0.2, 0) is 9.53 Å². The number of rotatable bonds is 5. The maximum atomic E-state index is 12.0. The van der Waals surface area contributed by atoms with Crippen molar-refractivity contribution in [1.29, 1.82) is 0 Å². The molecule has 0 aliphatic heterocycles. The standard InChI is InChI=1S/C16H25NO3S/c1-7-20-16(19)12(2)21(5,6)14-10-8-13(9-11-14)15(18)17(3)4/h8-12H,7H2,1-6H3. The van der Waals surface area contributed by atoms with E-state index in [4.69, 9.17) is 4.74 Å². The van der Waals surface area contributed by atoms with Gasteiger partial charge in [0.15, 0.2) is 0 Å². The van der Waals surface area contributed by atoms with Gasteiger partial charge in [0.2, 0.25) is 0 Å². The third-order valence-corrected chi connectivity index (χ3v) is 7.06. The van der Waals surface area contributed by atoms with Gasteiger partial charge in [0.1, 0.15) is 0 Å². The van der Waals surface area contributed by atoms with E-state index in [2.05, 4.69) is 12.5 Å². The number of nitrogens with zero attached hydrogens (tertiary/aromatic N) is 1. The summed E-state index contributed by atoms with van der Waals surface area (Å²) < 4.78 is 5.13. The van der Waals surface area contributed by atoms with Crippen LogP contribution >= 0.6 is 10.0 Å². The van der Waals surface area contributed by atoms with Crippen molar-refractivity contribution in [1.82, 2.24) is 4.90 Å². The van der Waals surface area contributed by atoms with Crippen molar-refractivity contribution in [3.05, 3.63) is 29.8 Å². The largest absolute Gasteiger partial charge is 0.465 e.